The van der Waals surface area contributed by atoms with Crippen LogP contribution < -0.4 is 0 Å². The number of hydrogen-bond donors (Lipinski definition) is 0. The van der Waals surface area contributed by atoms with E-state index in [1.54, 1.807) is 17.8 Å². The minimum atomic E-state index is 0.531. The number of aryl methyl sites for hydroxylation is 2. The van der Waals surface area contributed by atoms with Gasteiger partial charge in [-0.05, 0) is 6.92 Å². The van der Waals surface area contributed by atoms with Crippen LogP contribution in [0, 0.1) is 13.8 Å². The highest BCUT2D eigenvalue weighted by Gasteiger charge is 2.11. The second-order valence-electron chi connectivity index (χ2n) is 2.89. The Hall–Kier alpha value is -1.65. The molecular formula is C8H10N4O. The van der Waals surface area contributed by atoms with Crippen molar-refractivity contribution in [2.45, 2.75) is 13.8 Å². The summed E-state index contributed by atoms with van der Waals surface area (Å²) in [5, 5.41) is 11.8. The summed E-state index contributed by atoms with van der Waals surface area (Å²) >= 11 is 0. The van der Waals surface area contributed by atoms with Crippen LogP contribution in [0.5, 0.6) is 0 Å². The maximum Gasteiger partial charge on any atom is 0.251 e. The van der Waals surface area contributed by atoms with E-state index >= 15 is 0 Å². The van der Waals surface area contributed by atoms with E-state index < -0.39 is 0 Å². The predicted molar refractivity (Wildman–Crippen MR) is 46.0 cm³/mol. The van der Waals surface area contributed by atoms with Crippen LogP contribution in [0.15, 0.2) is 10.6 Å². The molecule has 0 unspecified atom stereocenters. The second-order valence-corrected chi connectivity index (χ2v) is 2.89. The summed E-state index contributed by atoms with van der Waals surface area (Å²) < 4.78 is 7.06. The fraction of sp³-hybridized carbons (Fsp3) is 0.375. The average molecular weight is 178 g/mol. The smallest absolute Gasteiger partial charge is 0.251 e. The molecule has 2 heterocycles. The fourth-order valence-electron chi connectivity index (χ4n) is 1.11. The standard InChI is InChI=1S/C8H10N4O/c1-5-7(4-9-12(5)3)8-11-10-6(2)13-8/h4H,1-3H3. The van der Waals surface area contributed by atoms with E-state index in [-0.39, 0.29) is 0 Å². The number of nitrogens with zero attached hydrogens (tertiary/aromatic N) is 4. The number of hydrogen-bond acceptors (Lipinski definition) is 4. The van der Waals surface area contributed by atoms with E-state index in [0.29, 0.717) is 11.8 Å². The summed E-state index contributed by atoms with van der Waals surface area (Å²) in [7, 11) is 1.88. The zero-order valence-electron chi connectivity index (χ0n) is 7.77. The third-order valence-electron chi connectivity index (χ3n) is 1.99. The zero-order valence-corrected chi connectivity index (χ0v) is 7.77. The molecular weight excluding hydrogens is 168 g/mol. The molecule has 0 saturated carbocycles. The van der Waals surface area contributed by atoms with Gasteiger partial charge in [-0.1, -0.05) is 0 Å². The van der Waals surface area contributed by atoms with Gasteiger partial charge in [-0.15, -0.1) is 10.2 Å². The Labute approximate surface area is 75.4 Å². The molecule has 0 saturated heterocycles. The van der Waals surface area contributed by atoms with Gasteiger partial charge in [0, 0.05) is 19.7 Å². The van der Waals surface area contributed by atoms with Gasteiger partial charge in [0.05, 0.1) is 11.8 Å². The van der Waals surface area contributed by atoms with Crippen LogP contribution in [-0.2, 0) is 7.05 Å². The van der Waals surface area contributed by atoms with E-state index in [2.05, 4.69) is 15.3 Å². The molecule has 0 aliphatic carbocycles. The van der Waals surface area contributed by atoms with E-state index in [9.17, 15) is 0 Å². The third kappa shape index (κ3) is 1.22. The quantitative estimate of drug-likeness (QED) is 0.655. The van der Waals surface area contributed by atoms with Crippen LogP contribution in [-0.4, -0.2) is 20.0 Å². The molecule has 2 rings (SSSR count). The summed E-state index contributed by atoms with van der Waals surface area (Å²) in [5.74, 6) is 1.10. The Kier molecular flexibility index (Phi) is 1.65. The minimum absolute atomic E-state index is 0.531. The maximum absolute atomic E-state index is 5.29. The van der Waals surface area contributed by atoms with Crippen molar-refractivity contribution in [3.8, 4) is 11.5 Å². The summed E-state index contributed by atoms with van der Waals surface area (Å²) in [6.07, 6.45) is 1.72. The van der Waals surface area contributed by atoms with E-state index in [1.165, 1.54) is 0 Å². The molecule has 0 N–H and O–H groups in total. The normalized spacial score (nSPS) is 10.7. The van der Waals surface area contributed by atoms with E-state index in [4.69, 9.17) is 4.42 Å². The number of rotatable bonds is 1. The van der Waals surface area contributed by atoms with Crippen molar-refractivity contribution < 1.29 is 4.42 Å². The van der Waals surface area contributed by atoms with Crippen molar-refractivity contribution in [2.24, 2.45) is 7.05 Å². The molecule has 0 amide bonds. The summed E-state index contributed by atoms with van der Waals surface area (Å²) in [6.45, 7) is 3.73. The molecule has 0 atom stereocenters. The van der Waals surface area contributed by atoms with Crippen LogP contribution >= 0.6 is 0 Å². The lowest BCUT2D eigenvalue weighted by Crippen LogP contribution is -1.92. The van der Waals surface area contributed by atoms with Gasteiger partial charge in [0.1, 0.15) is 0 Å². The molecule has 2 aromatic heterocycles. The first-order chi connectivity index (χ1) is 6.18. The summed E-state index contributed by atoms with van der Waals surface area (Å²) in [4.78, 5) is 0. The highest BCUT2D eigenvalue weighted by molar-refractivity contribution is 5.54. The molecule has 68 valence electrons. The largest absolute Gasteiger partial charge is 0.421 e. The predicted octanol–water partition coefficient (Wildman–Crippen LogP) is 1.09. The lowest BCUT2D eigenvalue weighted by Gasteiger charge is -1.93. The molecule has 0 radical (unpaired) electrons. The molecule has 0 aromatic carbocycles. The Morgan fingerprint density at radius 2 is 2.08 bits per heavy atom. The van der Waals surface area contributed by atoms with Gasteiger partial charge in [-0.25, -0.2) is 0 Å². The van der Waals surface area contributed by atoms with E-state index in [1.807, 2.05) is 14.0 Å². The van der Waals surface area contributed by atoms with Crippen molar-refractivity contribution in [3.05, 3.63) is 17.8 Å². The van der Waals surface area contributed by atoms with Gasteiger partial charge in [0.2, 0.25) is 5.89 Å². The van der Waals surface area contributed by atoms with Crippen molar-refractivity contribution in [1.29, 1.82) is 0 Å². The SMILES string of the molecule is Cc1nnc(-c2cnn(C)c2C)o1. The molecule has 0 fully saturated rings. The zero-order chi connectivity index (χ0) is 9.42. The van der Waals surface area contributed by atoms with Gasteiger partial charge >= 0.3 is 0 Å². The Balaban J connectivity index is 2.52. The van der Waals surface area contributed by atoms with Gasteiger partial charge in [-0.3, -0.25) is 4.68 Å². The molecule has 0 bridgehead atoms. The van der Waals surface area contributed by atoms with Crippen molar-refractivity contribution >= 4 is 0 Å². The monoisotopic (exact) mass is 178 g/mol. The molecule has 5 heteroatoms. The Bertz CT molecular complexity index is 429. The highest BCUT2D eigenvalue weighted by atomic mass is 16.4. The highest BCUT2D eigenvalue weighted by Crippen LogP contribution is 2.20. The van der Waals surface area contributed by atoms with Crippen molar-refractivity contribution in [3.63, 3.8) is 0 Å². The Morgan fingerprint density at radius 1 is 1.31 bits per heavy atom. The van der Waals surface area contributed by atoms with Crippen LogP contribution in [0.25, 0.3) is 11.5 Å². The van der Waals surface area contributed by atoms with Gasteiger partial charge < -0.3 is 4.42 Å². The lowest BCUT2D eigenvalue weighted by atomic mass is 10.3. The van der Waals surface area contributed by atoms with Crippen molar-refractivity contribution in [2.75, 3.05) is 0 Å². The van der Waals surface area contributed by atoms with Crippen molar-refractivity contribution in [1.82, 2.24) is 20.0 Å². The molecule has 0 aliphatic rings. The molecule has 0 spiro atoms. The third-order valence-corrected chi connectivity index (χ3v) is 1.99. The molecule has 2 aromatic rings. The molecule has 13 heavy (non-hydrogen) atoms. The first-order valence-electron chi connectivity index (χ1n) is 3.97. The van der Waals surface area contributed by atoms with Gasteiger partial charge in [0.25, 0.3) is 5.89 Å². The topological polar surface area (TPSA) is 56.7 Å². The van der Waals surface area contributed by atoms with E-state index in [0.717, 1.165) is 11.3 Å². The molecule has 5 nitrogen and oxygen atoms in total. The fourth-order valence-corrected chi connectivity index (χ4v) is 1.11. The maximum atomic E-state index is 5.29. The average Bonchev–Trinajstić information content (AvgIpc) is 2.62. The summed E-state index contributed by atoms with van der Waals surface area (Å²) in [5.41, 5.74) is 1.91. The van der Waals surface area contributed by atoms with Crippen LogP contribution in [0.3, 0.4) is 0 Å². The van der Waals surface area contributed by atoms with Crippen LogP contribution in [0.1, 0.15) is 11.6 Å². The second kappa shape index (κ2) is 2.69. The van der Waals surface area contributed by atoms with Gasteiger partial charge in [-0.2, -0.15) is 5.10 Å². The molecule has 0 aliphatic heterocycles. The lowest BCUT2D eigenvalue weighted by molar-refractivity contribution is 0.532. The first kappa shape index (κ1) is 7.97. The minimum Gasteiger partial charge on any atom is -0.421 e. The van der Waals surface area contributed by atoms with Crippen LogP contribution in [0.2, 0.25) is 0 Å². The summed E-state index contributed by atoms with van der Waals surface area (Å²) in [6, 6.07) is 0. The van der Waals surface area contributed by atoms with Gasteiger partial charge in [0.15, 0.2) is 0 Å². The van der Waals surface area contributed by atoms with Crippen LogP contribution in [0.4, 0.5) is 0 Å². The number of aromatic nitrogens is 4. The Morgan fingerprint density at radius 3 is 2.54 bits per heavy atom. The first-order valence-corrected chi connectivity index (χ1v) is 3.97.